The molecule has 0 atom stereocenters. The van der Waals surface area contributed by atoms with E-state index in [1.54, 1.807) is 6.07 Å². The van der Waals surface area contributed by atoms with Crippen molar-refractivity contribution in [2.45, 2.75) is 39.7 Å². The summed E-state index contributed by atoms with van der Waals surface area (Å²) in [5.74, 6) is -0.0435. The number of Topliss-reactive ketones (excluding diaryl/α,β-unsaturated/α-hetero) is 1. The van der Waals surface area contributed by atoms with Gasteiger partial charge >= 0.3 is 5.97 Å². The Bertz CT molecular complexity index is 1050. The van der Waals surface area contributed by atoms with Crippen molar-refractivity contribution in [1.29, 1.82) is 0 Å². The van der Waals surface area contributed by atoms with Gasteiger partial charge in [-0.1, -0.05) is 25.1 Å². The fourth-order valence-corrected chi connectivity index (χ4v) is 3.60. The van der Waals surface area contributed by atoms with Crippen molar-refractivity contribution in [3.8, 4) is 0 Å². The second kappa shape index (κ2) is 9.93. The van der Waals surface area contributed by atoms with Gasteiger partial charge in [-0.25, -0.2) is 0 Å². The number of carbonyl (C=O) groups excluding carboxylic acids is 2. The molecule has 0 saturated heterocycles. The van der Waals surface area contributed by atoms with Gasteiger partial charge in [0.1, 0.15) is 0 Å². The lowest BCUT2D eigenvalue weighted by Crippen LogP contribution is -2.12. The third-order valence-electron chi connectivity index (χ3n) is 4.28. The zero-order chi connectivity index (χ0) is 21.5. The SMILES string of the molecule is CCc1ccccc1Nc1nc(N)nc(COC(=O)CCC(=O)c2ccc(C)s2)n1. The molecule has 0 amide bonds. The highest BCUT2D eigenvalue weighted by Gasteiger charge is 2.13. The number of para-hydroxylation sites is 1. The molecule has 3 aromatic rings. The zero-order valence-corrected chi connectivity index (χ0v) is 17.7. The molecule has 0 bridgehead atoms. The molecule has 0 aliphatic carbocycles. The predicted octanol–water partition coefficient (Wildman–Crippen LogP) is 3.84. The van der Waals surface area contributed by atoms with Gasteiger partial charge < -0.3 is 15.8 Å². The smallest absolute Gasteiger partial charge is 0.306 e. The number of nitrogens with two attached hydrogens (primary N) is 1. The van der Waals surface area contributed by atoms with Crippen molar-refractivity contribution in [3.63, 3.8) is 0 Å². The van der Waals surface area contributed by atoms with E-state index in [1.165, 1.54) is 11.3 Å². The summed E-state index contributed by atoms with van der Waals surface area (Å²) in [5, 5.41) is 3.13. The van der Waals surface area contributed by atoms with E-state index >= 15 is 0 Å². The number of thiophene rings is 1. The first-order chi connectivity index (χ1) is 14.4. The molecule has 0 spiro atoms. The largest absolute Gasteiger partial charge is 0.457 e. The summed E-state index contributed by atoms with van der Waals surface area (Å²) in [6.07, 6.45) is 0.933. The molecule has 30 heavy (non-hydrogen) atoms. The minimum atomic E-state index is -0.499. The van der Waals surface area contributed by atoms with Gasteiger partial charge in [-0.3, -0.25) is 9.59 Å². The average molecular weight is 426 g/mol. The number of ether oxygens (including phenoxy) is 1. The number of carbonyl (C=O) groups is 2. The maximum atomic E-state index is 12.1. The minimum absolute atomic E-state index is 0.00860. The van der Waals surface area contributed by atoms with E-state index in [-0.39, 0.29) is 43.0 Å². The third kappa shape index (κ3) is 5.84. The van der Waals surface area contributed by atoms with Gasteiger partial charge in [-0.05, 0) is 37.1 Å². The highest BCUT2D eigenvalue weighted by molar-refractivity contribution is 7.14. The molecule has 3 rings (SSSR count). The molecule has 0 unspecified atom stereocenters. The average Bonchev–Trinajstić information content (AvgIpc) is 3.17. The molecule has 0 aliphatic heterocycles. The monoisotopic (exact) mass is 425 g/mol. The molecule has 0 radical (unpaired) electrons. The van der Waals surface area contributed by atoms with Crippen LogP contribution in [0.1, 0.15) is 45.7 Å². The van der Waals surface area contributed by atoms with E-state index < -0.39 is 5.97 Å². The minimum Gasteiger partial charge on any atom is -0.457 e. The number of ketones is 1. The molecule has 2 heterocycles. The standard InChI is InChI=1S/C21H23N5O3S/c1-3-14-6-4-5-7-15(14)23-21-25-18(24-20(22)26-21)12-29-19(28)11-9-16(27)17-10-8-13(2)30-17/h4-8,10H,3,9,11-12H2,1-2H3,(H3,22,23,24,25,26). The summed E-state index contributed by atoms with van der Waals surface area (Å²) in [4.78, 5) is 38.2. The van der Waals surface area contributed by atoms with Crippen LogP contribution in [-0.4, -0.2) is 26.7 Å². The number of aryl methyl sites for hydroxylation is 2. The number of benzene rings is 1. The van der Waals surface area contributed by atoms with Crippen LogP contribution in [0.4, 0.5) is 17.6 Å². The fraction of sp³-hybridized carbons (Fsp3) is 0.286. The molecular formula is C21H23N5O3S. The fourth-order valence-electron chi connectivity index (χ4n) is 2.77. The van der Waals surface area contributed by atoms with Crippen molar-refractivity contribution in [2.75, 3.05) is 11.1 Å². The van der Waals surface area contributed by atoms with Crippen LogP contribution in [0.25, 0.3) is 0 Å². The Kier molecular flexibility index (Phi) is 7.08. The maximum absolute atomic E-state index is 12.1. The Labute approximate surface area is 178 Å². The van der Waals surface area contributed by atoms with Crippen LogP contribution in [-0.2, 0) is 22.6 Å². The number of hydrogen-bond acceptors (Lipinski definition) is 9. The van der Waals surface area contributed by atoms with E-state index in [4.69, 9.17) is 10.5 Å². The maximum Gasteiger partial charge on any atom is 0.306 e. The van der Waals surface area contributed by atoms with Crippen molar-refractivity contribution < 1.29 is 14.3 Å². The molecule has 8 nitrogen and oxygen atoms in total. The van der Waals surface area contributed by atoms with Crippen LogP contribution in [0.3, 0.4) is 0 Å². The van der Waals surface area contributed by atoms with E-state index in [0.717, 1.165) is 22.5 Å². The molecule has 0 fully saturated rings. The molecule has 0 saturated carbocycles. The molecule has 2 aromatic heterocycles. The van der Waals surface area contributed by atoms with Crippen molar-refractivity contribution in [3.05, 3.63) is 57.5 Å². The molecular weight excluding hydrogens is 402 g/mol. The van der Waals surface area contributed by atoms with E-state index in [2.05, 4.69) is 27.2 Å². The van der Waals surface area contributed by atoms with Gasteiger partial charge in [0.05, 0.1) is 11.3 Å². The number of nitrogen functional groups attached to an aromatic ring is 1. The number of anilines is 3. The van der Waals surface area contributed by atoms with Gasteiger partial charge in [0.15, 0.2) is 18.2 Å². The Morgan fingerprint density at radius 3 is 2.63 bits per heavy atom. The number of nitrogens with one attached hydrogen (secondary N) is 1. The quantitative estimate of drug-likeness (QED) is 0.392. The van der Waals surface area contributed by atoms with Crippen molar-refractivity contribution in [1.82, 2.24) is 15.0 Å². The van der Waals surface area contributed by atoms with Gasteiger partial charge in [-0.15, -0.1) is 11.3 Å². The highest BCUT2D eigenvalue weighted by atomic mass is 32.1. The number of esters is 1. The topological polar surface area (TPSA) is 120 Å². The summed E-state index contributed by atoms with van der Waals surface area (Å²) < 4.78 is 5.20. The lowest BCUT2D eigenvalue weighted by Gasteiger charge is -2.10. The first-order valence-electron chi connectivity index (χ1n) is 9.55. The lowest BCUT2D eigenvalue weighted by molar-refractivity contribution is -0.145. The second-order valence-electron chi connectivity index (χ2n) is 6.56. The highest BCUT2D eigenvalue weighted by Crippen LogP contribution is 2.20. The van der Waals surface area contributed by atoms with Crippen LogP contribution < -0.4 is 11.1 Å². The predicted molar refractivity (Wildman–Crippen MR) is 116 cm³/mol. The summed E-state index contributed by atoms with van der Waals surface area (Å²) in [6.45, 7) is 3.83. The molecule has 9 heteroatoms. The van der Waals surface area contributed by atoms with Gasteiger partial charge in [0.2, 0.25) is 11.9 Å². The van der Waals surface area contributed by atoms with Crippen LogP contribution in [0.2, 0.25) is 0 Å². The van der Waals surface area contributed by atoms with Crippen LogP contribution in [0.15, 0.2) is 36.4 Å². The Hall–Kier alpha value is -3.33. The van der Waals surface area contributed by atoms with E-state index in [0.29, 0.717) is 4.88 Å². The number of nitrogens with zero attached hydrogens (tertiary/aromatic N) is 3. The van der Waals surface area contributed by atoms with Crippen molar-refractivity contribution in [2.24, 2.45) is 0 Å². The first-order valence-corrected chi connectivity index (χ1v) is 10.4. The Morgan fingerprint density at radius 2 is 1.90 bits per heavy atom. The molecule has 156 valence electrons. The first kappa shape index (κ1) is 21.4. The lowest BCUT2D eigenvalue weighted by atomic mass is 10.1. The summed E-state index contributed by atoms with van der Waals surface area (Å²) in [7, 11) is 0. The normalized spacial score (nSPS) is 10.6. The molecule has 3 N–H and O–H groups in total. The molecule has 1 aromatic carbocycles. The Morgan fingerprint density at radius 1 is 1.10 bits per heavy atom. The van der Waals surface area contributed by atoms with E-state index in [1.807, 2.05) is 37.3 Å². The number of rotatable bonds is 9. The van der Waals surface area contributed by atoms with E-state index in [9.17, 15) is 9.59 Å². The van der Waals surface area contributed by atoms with Crippen molar-refractivity contribution >= 4 is 40.7 Å². The third-order valence-corrected chi connectivity index (χ3v) is 5.32. The summed E-state index contributed by atoms with van der Waals surface area (Å²) in [5.41, 5.74) is 7.75. The van der Waals surface area contributed by atoms with Gasteiger partial charge in [0, 0.05) is 17.0 Å². The van der Waals surface area contributed by atoms with Crippen LogP contribution in [0.5, 0.6) is 0 Å². The molecule has 0 aliphatic rings. The number of hydrogen-bond donors (Lipinski definition) is 2. The summed E-state index contributed by atoms with van der Waals surface area (Å²) >= 11 is 1.41. The zero-order valence-electron chi connectivity index (χ0n) is 16.8. The van der Waals surface area contributed by atoms with Crippen LogP contribution in [0, 0.1) is 6.92 Å². The Balaban J connectivity index is 1.56. The summed E-state index contributed by atoms with van der Waals surface area (Å²) in [6, 6.07) is 11.5. The van der Waals surface area contributed by atoms with Crippen LogP contribution >= 0.6 is 11.3 Å². The second-order valence-corrected chi connectivity index (χ2v) is 7.85. The van der Waals surface area contributed by atoms with Gasteiger partial charge in [-0.2, -0.15) is 15.0 Å². The van der Waals surface area contributed by atoms with Gasteiger partial charge in [0.25, 0.3) is 0 Å². The number of aromatic nitrogens is 3.